The maximum Gasteiger partial charge on any atom is 0.0795 e. The normalized spacial score (nSPS) is 12.4. The van der Waals surface area contributed by atoms with Gasteiger partial charge in [0.15, 0.2) is 0 Å². The molecule has 0 bridgehead atoms. The average Bonchev–Trinajstić information content (AvgIpc) is 3.46. The molecule has 0 atom stereocenters. The van der Waals surface area contributed by atoms with Gasteiger partial charge in [-0.25, -0.2) is 0 Å². The van der Waals surface area contributed by atoms with Crippen LogP contribution in [0, 0.1) is 24.8 Å². The van der Waals surface area contributed by atoms with E-state index in [2.05, 4.69) is 53.9 Å². The van der Waals surface area contributed by atoms with Crippen molar-refractivity contribution in [2.24, 2.45) is 0 Å². The molecule has 0 saturated heterocycles. The Hall–Kier alpha value is -3.80. The van der Waals surface area contributed by atoms with Crippen molar-refractivity contribution in [2.75, 3.05) is 0 Å². The van der Waals surface area contributed by atoms with Gasteiger partial charge < -0.3 is 9.97 Å². The summed E-state index contributed by atoms with van der Waals surface area (Å²) in [5.41, 5.74) is 4.71. The predicted molar refractivity (Wildman–Crippen MR) is 183 cm³/mol. The van der Waals surface area contributed by atoms with Gasteiger partial charge >= 0.3 is 0 Å². The maximum absolute atomic E-state index is 14.7. The fraction of sp³-hybridized carbons (Fsp3) is 0.105. The number of nitrogens with zero attached hydrogens (tertiary/aromatic N) is 2. The molecule has 2 nitrogen and oxygen atoms in total. The van der Waals surface area contributed by atoms with Gasteiger partial charge in [0, 0.05) is 52.7 Å². The van der Waals surface area contributed by atoms with Crippen LogP contribution in [0.5, 0.6) is 0 Å². The number of halogens is 1. The fourth-order valence-corrected chi connectivity index (χ4v) is 7.17. The summed E-state index contributed by atoms with van der Waals surface area (Å²) in [4.78, 5) is 9.07. The second kappa shape index (κ2) is 13.5. The second-order valence-corrected chi connectivity index (χ2v) is 17.4. The van der Waals surface area contributed by atoms with Crippen molar-refractivity contribution in [1.82, 2.24) is 9.97 Å². The number of rotatable bonds is 4. The van der Waals surface area contributed by atoms with Crippen molar-refractivity contribution in [2.45, 2.75) is 26.5 Å². The molecule has 6 heteroatoms. The maximum atomic E-state index is 14.7. The number of hydrogen-bond acceptors (Lipinski definition) is 3. The minimum absolute atomic E-state index is 0. The quantitative estimate of drug-likeness (QED) is 0.131. The summed E-state index contributed by atoms with van der Waals surface area (Å²) in [7, 11) is -1.23. The first-order valence-electron chi connectivity index (χ1n) is 15.5. The Bertz CT molecular complexity index is 2130. The van der Waals surface area contributed by atoms with E-state index in [-0.39, 0.29) is 31.5 Å². The summed E-state index contributed by atoms with van der Waals surface area (Å²) in [6.07, 6.45) is 3.60. The zero-order valence-corrected chi connectivity index (χ0v) is 28.7. The van der Waals surface area contributed by atoms with Crippen molar-refractivity contribution >= 4 is 44.8 Å². The third kappa shape index (κ3) is 6.64. The van der Waals surface area contributed by atoms with E-state index in [9.17, 15) is 4.39 Å². The average molecular weight is 790 g/mol. The molecule has 0 N–H and O–H groups in total. The zero-order chi connectivity index (χ0) is 32.5. The number of hydrogen-bond donors (Lipinski definition) is 0. The van der Waals surface area contributed by atoms with Crippen LogP contribution in [0.2, 0.25) is 19.6 Å². The van der Waals surface area contributed by atoms with Crippen LogP contribution in [0.1, 0.15) is 9.68 Å². The van der Waals surface area contributed by atoms with Gasteiger partial charge in [-0.1, -0.05) is 86.4 Å². The standard InChI is InChI=1S/C24H15FNS.C14H16NSi.Ir/c1-15-13-21(26-14-19(15)16-7-3-2-4-8-16)17-11-12-20(25)23-18-9-5-6-10-22(18)27-24(17)23;1-16(2,3)13-9-10-14(15-11-13)12-7-5-4-6-8-12;/h2-10,12-14H,1H3;4-7,9-11H,1-3H3;/q2*-1;/i1D3;;. The van der Waals surface area contributed by atoms with E-state index in [0.29, 0.717) is 26.9 Å². The van der Waals surface area contributed by atoms with E-state index in [0.717, 1.165) is 26.9 Å². The monoisotopic (exact) mass is 790 g/mol. The Morgan fingerprint density at radius 1 is 0.818 bits per heavy atom. The minimum Gasteiger partial charge on any atom is -0.305 e. The van der Waals surface area contributed by atoms with Gasteiger partial charge in [-0.15, -0.1) is 53.6 Å². The first-order chi connectivity index (χ1) is 22.0. The Morgan fingerprint density at radius 2 is 1.57 bits per heavy atom. The fourth-order valence-electron chi connectivity index (χ4n) is 4.91. The number of pyridine rings is 2. The van der Waals surface area contributed by atoms with Gasteiger partial charge in [0.05, 0.1) is 8.07 Å². The Labute approximate surface area is 281 Å². The van der Waals surface area contributed by atoms with E-state index in [1.54, 1.807) is 12.3 Å². The summed E-state index contributed by atoms with van der Waals surface area (Å²) >= 11 is 1.46. The number of benzene rings is 4. The number of aromatic nitrogens is 2. The SMILES string of the molecule is C[Si](C)(C)c1ccc(-c2[c-]cccc2)nc1.[2H]C([2H])([2H])c1cc(-c2[c-]cc(F)c3c2sc2ccccc23)ncc1-c1ccccc1.[Ir]. The largest absolute Gasteiger partial charge is 0.305 e. The summed E-state index contributed by atoms with van der Waals surface area (Å²) in [6, 6.07) is 38.3. The molecule has 0 aliphatic rings. The Kier molecular flexibility index (Phi) is 8.48. The smallest absolute Gasteiger partial charge is 0.0795 e. The molecule has 4 aromatic carbocycles. The Balaban J connectivity index is 0.000000217. The van der Waals surface area contributed by atoms with Crippen molar-refractivity contribution < 1.29 is 28.6 Å². The molecule has 7 aromatic rings. The molecular weight excluding hydrogens is 756 g/mol. The molecule has 0 unspecified atom stereocenters. The molecule has 0 aliphatic heterocycles. The molecule has 0 amide bonds. The first kappa shape index (κ1) is 27.7. The van der Waals surface area contributed by atoms with Crippen LogP contribution in [-0.2, 0) is 20.1 Å². The number of aryl methyl sites for hydroxylation is 1. The van der Waals surface area contributed by atoms with Crippen LogP contribution in [0.3, 0.4) is 0 Å². The van der Waals surface area contributed by atoms with Crippen molar-refractivity contribution in [1.29, 1.82) is 0 Å². The minimum atomic E-state index is -2.32. The van der Waals surface area contributed by atoms with Gasteiger partial charge in [0.1, 0.15) is 0 Å². The van der Waals surface area contributed by atoms with Crippen LogP contribution in [0.4, 0.5) is 4.39 Å². The predicted octanol–water partition coefficient (Wildman–Crippen LogP) is 10.1. The molecule has 7 rings (SSSR count). The third-order valence-corrected chi connectivity index (χ3v) is 10.5. The summed E-state index contributed by atoms with van der Waals surface area (Å²) in [5, 5.41) is 2.75. The molecule has 0 fully saturated rings. The third-order valence-electron chi connectivity index (χ3n) is 7.26. The van der Waals surface area contributed by atoms with Crippen LogP contribution in [0.25, 0.3) is 53.8 Å². The van der Waals surface area contributed by atoms with Crippen molar-refractivity contribution in [3.05, 3.63) is 139 Å². The number of thiophene rings is 1. The van der Waals surface area contributed by atoms with E-state index >= 15 is 0 Å². The zero-order valence-electron chi connectivity index (χ0n) is 27.5. The topological polar surface area (TPSA) is 25.8 Å². The molecule has 221 valence electrons. The molecular formula is C38H31FIrN2SSi-2. The van der Waals surface area contributed by atoms with E-state index in [4.69, 9.17) is 4.11 Å². The van der Waals surface area contributed by atoms with Gasteiger partial charge in [-0.3, -0.25) is 4.39 Å². The molecule has 0 saturated carbocycles. The first-order valence-corrected chi connectivity index (χ1v) is 18.3. The molecule has 3 aromatic heterocycles. The van der Waals surface area contributed by atoms with E-state index < -0.39 is 14.9 Å². The van der Waals surface area contributed by atoms with Crippen LogP contribution >= 0.6 is 11.3 Å². The van der Waals surface area contributed by atoms with Gasteiger partial charge in [-0.2, -0.15) is 11.3 Å². The molecule has 44 heavy (non-hydrogen) atoms. The number of fused-ring (bicyclic) bond motifs is 3. The van der Waals surface area contributed by atoms with Gasteiger partial charge in [0.2, 0.25) is 0 Å². The molecule has 1 radical (unpaired) electrons. The van der Waals surface area contributed by atoms with Gasteiger partial charge in [0.25, 0.3) is 0 Å². The van der Waals surface area contributed by atoms with E-state index in [1.807, 2.05) is 85.1 Å². The summed E-state index contributed by atoms with van der Waals surface area (Å²) < 4.78 is 40.5. The van der Waals surface area contributed by atoms with Crippen LogP contribution in [-0.4, -0.2) is 18.0 Å². The van der Waals surface area contributed by atoms with Crippen LogP contribution in [0.15, 0.2) is 116 Å². The van der Waals surface area contributed by atoms with Crippen molar-refractivity contribution in [3.63, 3.8) is 0 Å². The van der Waals surface area contributed by atoms with E-state index in [1.165, 1.54) is 22.6 Å². The van der Waals surface area contributed by atoms with Crippen molar-refractivity contribution in [3.8, 4) is 33.6 Å². The molecule has 0 aliphatic carbocycles. The van der Waals surface area contributed by atoms with Gasteiger partial charge in [-0.05, 0) is 56.1 Å². The molecule has 0 spiro atoms. The van der Waals surface area contributed by atoms with Crippen LogP contribution < -0.4 is 5.19 Å². The summed E-state index contributed by atoms with van der Waals surface area (Å²) in [5.74, 6) is -0.344. The second-order valence-electron chi connectivity index (χ2n) is 11.3. The molecule has 3 heterocycles. The summed E-state index contributed by atoms with van der Waals surface area (Å²) in [6.45, 7) is 4.68. The Morgan fingerprint density at radius 3 is 2.27 bits per heavy atom.